The van der Waals surface area contributed by atoms with Gasteiger partial charge in [-0.2, -0.15) is 0 Å². The molecule has 0 aliphatic carbocycles. The first-order chi connectivity index (χ1) is 4.87. The molecule has 0 saturated heterocycles. The summed E-state index contributed by atoms with van der Waals surface area (Å²) in [6.07, 6.45) is 1.02. The second-order valence-electron chi connectivity index (χ2n) is 1.72. The third-order valence-corrected chi connectivity index (χ3v) is 1.74. The van der Waals surface area contributed by atoms with E-state index in [1.165, 1.54) is 0 Å². The van der Waals surface area contributed by atoms with E-state index in [-0.39, 0.29) is 0 Å². The van der Waals surface area contributed by atoms with Gasteiger partial charge in [0.05, 0.1) is 0 Å². The van der Waals surface area contributed by atoms with Crippen molar-refractivity contribution in [3.05, 3.63) is 12.7 Å². The maximum Gasteiger partial charge on any atom is 0.325 e. The molecule has 0 bridgehead atoms. The van der Waals surface area contributed by atoms with Gasteiger partial charge >= 0.3 is 5.97 Å². The van der Waals surface area contributed by atoms with Crippen LogP contribution >= 0.6 is 6.64 Å². The summed E-state index contributed by atoms with van der Waals surface area (Å²) in [7, 11) is 0. The summed E-state index contributed by atoms with van der Waals surface area (Å²) in [5.74, 6) is -1.25. The van der Waals surface area contributed by atoms with Crippen molar-refractivity contribution in [1.29, 1.82) is 0 Å². The third-order valence-electron chi connectivity index (χ3n) is 0.809. The van der Waals surface area contributed by atoms with Crippen LogP contribution in [0, 0.1) is 0 Å². The predicted octanol–water partition coefficient (Wildman–Crippen LogP) is -0.576. The van der Waals surface area contributed by atoms with Gasteiger partial charge in [0, 0.05) is 0 Å². The van der Waals surface area contributed by atoms with E-state index in [0.29, 0.717) is 0 Å². The van der Waals surface area contributed by atoms with Crippen LogP contribution in [-0.4, -0.2) is 26.9 Å². The van der Waals surface area contributed by atoms with Crippen LogP contribution in [0.5, 0.6) is 0 Å². The molecule has 64 valence electrons. The largest absolute Gasteiger partial charge is 0.480 e. The lowest BCUT2D eigenvalue weighted by Crippen LogP contribution is -2.31. The smallest absolute Gasteiger partial charge is 0.325 e. The molecule has 0 spiro atoms. The number of aliphatic carboxylic acids is 1. The summed E-state index contributed by atoms with van der Waals surface area (Å²) in [6, 6.07) is -1.21. The second-order valence-corrected chi connectivity index (χ2v) is 4.60. The minimum absolute atomic E-state index is 1.02. The van der Waals surface area contributed by atoms with E-state index in [4.69, 9.17) is 14.9 Å². The molecular weight excluding hydrogens is 189 g/mol. The van der Waals surface area contributed by atoms with E-state index >= 15 is 0 Å². The Balaban J connectivity index is 4.21. The molecule has 0 aliphatic rings. The Hall–Kier alpha value is -0.260. The second kappa shape index (κ2) is 3.94. The molecule has 7 heteroatoms. The van der Waals surface area contributed by atoms with Gasteiger partial charge < -0.3 is 14.9 Å². The molecular formula is C4H8NO4PS. The molecule has 0 saturated carbocycles. The maximum atomic E-state index is 10.2. The van der Waals surface area contributed by atoms with Crippen molar-refractivity contribution in [3.8, 4) is 0 Å². The highest BCUT2D eigenvalue weighted by atomic mass is 32.5. The fourth-order valence-electron chi connectivity index (χ4n) is 0.390. The van der Waals surface area contributed by atoms with Crippen LogP contribution < -0.4 is 5.09 Å². The van der Waals surface area contributed by atoms with Gasteiger partial charge in [0.1, 0.15) is 6.04 Å². The Kier molecular flexibility index (Phi) is 3.85. The van der Waals surface area contributed by atoms with Gasteiger partial charge in [-0.3, -0.25) is 4.79 Å². The molecule has 11 heavy (non-hydrogen) atoms. The fourth-order valence-corrected chi connectivity index (χ4v) is 1.31. The molecule has 0 rings (SSSR count). The minimum atomic E-state index is -3.66. The van der Waals surface area contributed by atoms with Crippen LogP contribution in [0.2, 0.25) is 0 Å². The summed E-state index contributed by atoms with van der Waals surface area (Å²) < 4.78 is 0. The van der Waals surface area contributed by atoms with Gasteiger partial charge in [-0.25, -0.2) is 5.09 Å². The van der Waals surface area contributed by atoms with Crippen molar-refractivity contribution < 1.29 is 19.7 Å². The Morgan fingerprint density at radius 3 is 2.27 bits per heavy atom. The molecule has 0 aliphatic heterocycles. The summed E-state index contributed by atoms with van der Waals surface area (Å²) in [6.45, 7) is -0.489. The average molecular weight is 197 g/mol. The SMILES string of the molecule is C=CC(NP(O)(O)=S)C(=O)O. The number of nitrogens with one attached hydrogen (secondary N) is 1. The predicted molar refractivity (Wildman–Crippen MR) is 43.5 cm³/mol. The van der Waals surface area contributed by atoms with E-state index < -0.39 is 18.7 Å². The van der Waals surface area contributed by atoms with Crippen LogP contribution in [0.3, 0.4) is 0 Å². The molecule has 0 aromatic heterocycles. The van der Waals surface area contributed by atoms with E-state index in [1.54, 1.807) is 0 Å². The quantitative estimate of drug-likeness (QED) is 0.356. The van der Waals surface area contributed by atoms with Gasteiger partial charge in [0.15, 0.2) is 0 Å². The molecule has 0 amide bonds. The lowest BCUT2D eigenvalue weighted by molar-refractivity contribution is -0.137. The van der Waals surface area contributed by atoms with Gasteiger partial charge in [-0.15, -0.1) is 6.58 Å². The van der Waals surface area contributed by atoms with Crippen molar-refractivity contribution in [2.75, 3.05) is 0 Å². The Labute approximate surface area is 68.6 Å². The zero-order valence-electron chi connectivity index (χ0n) is 5.47. The Morgan fingerprint density at radius 2 is 2.18 bits per heavy atom. The Morgan fingerprint density at radius 1 is 1.73 bits per heavy atom. The van der Waals surface area contributed by atoms with E-state index in [1.807, 2.05) is 5.09 Å². The zero-order valence-corrected chi connectivity index (χ0v) is 7.18. The van der Waals surface area contributed by atoms with E-state index in [0.717, 1.165) is 6.08 Å². The van der Waals surface area contributed by atoms with Crippen molar-refractivity contribution in [3.63, 3.8) is 0 Å². The van der Waals surface area contributed by atoms with Crippen LogP contribution in [0.1, 0.15) is 0 Å². The van der Waals surface area contributed by atoms with Crippen molar-refractivity contribution >= 4 is 24.4 Å². The van der Waals surface area contributed by atoms with Gasteiger partial charge in [0.2, 0.25) is 0 Å². The van der Waals surface area contributed by atoms with Crippen LogP contribution in [-0.2, 0) is 16.6 Å². The molecule has 0 heterocycles. The lowest BCUT2D eigenvalue weighted by atomic mass is 10.3. The molecule has 5 nitrogen and oxygen atoms in total. The summed E-state index contributed by atoms with van der Waals surface area (Å²) in [5.41, 5.74) is 0. The number of hydrogen-bond donors (Lipinski definition) is 4. The average Bonchev–Trinajstić information content (AvgIpc) is 1.80. The molecule has 4 N–H and O–H groups in total. The van der Waals surface area contributed by atoms with E-state index in [9.17, 15) is 4.79 Å². The lowest BCUT2D eigenvalue weighted by Gasteiger charge is -2.13. The highest BCUT2D eigenvalue weighted by Crippen LogP contribution is 2.29. The Bertz CT molecular complexity index is 212. The van der Waals surface area contributed by atoms with Crippen molar-refractivity contribution in [2.24, 2.45) is 0 Å². The van der Waals surface area contributed by atoms with Gasteiger partial charge in [0.25, 0.3) is 6.64 Å². The van der Waals surface area contributed by atoms with Gasteiger partial charge in [-0.05, 0) is 11.8 Å². The van der Waals surface area contributed by atoms with Crippen LogP contribution in [0.4, 0.5) is 0 Å². The fraction of sp³-hybridized carbons (Fsp3) is 0.250. The standard InChI is InChI=1S/C4H8NO4PS/c1-2-3(4(6)7)5-10(8,9)11/h2-3H,1H2,(H,6,7)(H3,5,8,9,11). The van der Waals surface area contributed by atoms with Gasteiger partial charge in [-0.1, -0.05) is 6.08 Å². The number of hydrogen-bond acceptors (Lipinski definition) is 2. The number of carboxylic acids is 1. The van der Waals surface area contributed by atoms with Crippen LogP contribution in [0.15, 0.2) is 12.7 Å². The molecule has 1 unspecified atom stereocenters. The van der Waals surface area contributed by atoms with Crippen LogP contribution in [0.25, 0.3) is 0 Å². The summed E-state index contributed by atoms with van der Waals surface area (Å²) in [5, 5.41) is 10.3. The molecule has 0 radical (unpaired) electrons. The number of carboxylic acid groups (broad SMARTS) is 1. The van der Waals surface area contributed by atoms with E-state index in [2.05, 4.69) is 18.4 Å². The number of rotatable bonds is 4. The van der Waals surface area contributed by atoms with Crippen molar-refractivity contribution in [1.82, 2.24) is 5.09 Å². The molecule has 0 fully saturated rings. The maximum absolute atomic E-state index is 10.2. The number of carbonyl (C=O) groups is 1. The molecule has 1 atom stereocenters. The summed E-state index contributed by atoms with van der Waals surface area (Å²) in [4.78, 5) is 27.5. The summed E-state index contributed by atoms with van der Waals surface area (Å²) >= 11 is 4.15. The zero-order chi connectivity index (χ0) is 9.07. The molecule has 0 aromatic rings. The first-order valence-electron chi connectivity index (χ1n) is 2.55. The first-order valence-corrected chi connectivity index (χ1v) is 5.26. The normalized spacial score (nSPS) is 14.0. The van der Waals surface area contributed by atoms with Crippen molar-refractivity contribution in [2.45, 2.75) is 6.04 Å². The first kappa shape index (κ1) is 10.7. The highest BCUT2D eigenvalue weighted by molar-refractivity contribution is 8.08. The molecule has 0 aromatic carbocycles. The topological polar surface area (TPSA) is 89.8 Å². The minimum Gasteiger partial charge on any atom is -0.480 e. The highest BCUT2D eigenvalue weighted by Gasteiger charge is 2.19. The third kappa shape index (κ3) is 5.06. The monoisotopic (exact) mass is 197 g/mol.